The topological polar surface area (TPSA) is 52.4 Å². The summed E-state index contributed by atoms with van der Waals surface area (Å²) >= 11 is 0. The molecule has 7 aliphatic rings. The minimum atomic E-state index is -0.482. The zero-order valence-corrected chi connectivity index (χ0v) is 10.5. The minimum Gasteiger partial charge on any atom is -0.307 e. The van der Waals surface area contributed by atoms with Crippen LogP contribution in [0.3, 0.4) is 0 Å². The Morgan fingerprint density at radius 1 is 0.944 bits per heavy atom. The lowest BCUT2D eigenvalue weighted by Gasteiger charge is -2.73. The second-order valence-electron chi connectivity index (χ2n) is 7.59. The molecular formula is C14H19NO3. The molecule has 7 fully saturated rings. The maximum absolute atomic E-state index is 11.0. The van der Waals surface area contributed by atoms with E-state index in [1.54, 1.807) is 0 Å². The van der Waals surface area contributed by atoms with Gasteiger partial charge in [-0.3, -0.25) is 0 Å². The zero-order chi connectivity index (χ0) is 12.1. The molecule has 0 radical (unpaired) electrons. The average Bonchev–Trinajstić information content (AvgIpc) is 2.34. The quantitative estimate of drug-likeness (QED) is 0.558. The van der Waals surface area contributed by atoms with Gasteiger partial charge in [-0.1, -0.05) is 0 Å². The highest BCUT2D eigenvalue weighted by atomic mass is 17.0. The van der Waals surface area contributed by atoms with Crippen molar-refractivity contribution in [2.24, 2.45) is 41.4 Å². The van der Waals surface area contributed by atoms with Gasteiger partial charge in [-0.05, 0) is 80.0 Å². The van der Waals surface area contributed by atoms with Crippen molar-refractivity contribution in [3.63, 3.8) is 0 Å². The molecule has 7 rings (SSSR count). The van der Waals surface area contributed by atoms with E-state index >= 15 is 0 Å². The Morgan fingerprint density at radius 2 is 1.56 bits per heavy atom. The van der Waals surface area contributed by atoms with E-state index < -0.39 is 5.09 Å². The third-order valence-electron chi connectivity index (χ3n) is 7.23. The first-order chi connectivity index (χ1) is 8.67. The van der Waals surface area contributed by atoms with Gasteiger partial charge in [0.1, 0.15) is 5.60 Å². The second-order valence-corrected chi connectivity index (χ2v) is 7.59. The van der Waals surface area contributed by atoms with Gasteiger partial charge < -0.3 is 4.84 Å². The summed E-state index contributed by atoms with van der Waals surface area (Å²) in [6, 6.07) is 0. The van der Waals surface area contributed by atoms with Gasteiger partial charge in [-0.25, -0.2) is 0 Å². The third-order valence-corrected chi connectivity index (χ3v) is 7.23. The first kappa shape index (κ1) is 10.0. The van der Waals surface area contributed by atoms with Crippen LogP contribution in [0.2, 0.25) is 0 Å². The van der Waals surface area contributed by atoms with E-state index in [1.165, 1.54) is 32.1 Å². The largest absolute Gasteiger partial charge is 0.307 e. The molecule has 4 atom stereocenters. The van der Waals surface area contributed by atoms with E-state index in [0.717, 1.165) is 36.0 Å². The van der Waals surface area contributed by atoms with E-state index in [-0.39, 0.29) is 5.60 Å². The molecule has 0 spiro atoms. The molecule has 4 unspecified atom stereocenters. The third kappa shape index (κ3) is 0.937. The Labute approximate surface area is 106 Å². The summed E-state index contributed by atoms with van der Waals surface area (Å²) in [5.74, 6) is 5.02. The fourth-order valence-corrected chi connectivity index (χ4v) is 7.18. The monoisotopic (exact) mass is 249 g/mol. The fraction of sp³-hybridized carbons (Fsp3) is 1.00. The van der Waals surface area contributed by atoms with Gasteiger partial charge in [0.2, 0.25) is 0 Å². The van der Waals surface area contributed by atoms with Crippen LogP contribution in [0.5, 0.6) is 0 Å². The van der Waals surface area contributed by atoms with Crippen LogP contribution >= 0.6 is 0 Å². The Bertz CT molecular complexity index is 413. The molecule has 7 saturated carbocycles. The molecule has 0 aromatic rings. The van der Waals surface area contributed by atoms with E-state index in [2.05, 4.69) is 0 Å². The normalized spacial score (nSPS) is 62.3. The Kier molecular flexibility index (Phi) is 1.59. The van der Waals surface area contributed by atoms with Crippen molar-refractivity contribution in [1.82, 2.24) is 0 Å². The Balaban J connectivity index is 1.65. The van der Waals surface area contributed by atoms with Crippen molar-refractivity contribution in [1.29, 1.82) is 0 Å². The Hall–Kier alpha value is -0.800. The van der Waals surface area contributed by atoms with Crippen LogP contribution in [-0.4, -0.2) is 10.7 Å². The molecule has 0 aromatic carbocycles. The van der Waals surface area contributed by atoms with Crippen LogP contribution in [0.15, 0.2) is 0 Å². The summed E-state index contributed by atoms with van der Waals surface area (Å²) in [6.45, 7) is 0. The number of hydrogen-bond acceptors (Lipinski definition) is 3. The second kappa shape index (κ2) is 2.86. The van der Waals surface area contributed by atoms with Gasteiger partial charge in [0.05, 0.1) is 0 Å². The molecule has 0 amide bonds. The van der Waals surface area contributed by atoms with E-state index in [9.17, 15) is 10.1 Å². The molecule has 7 aliphatic carbocycles. The fourth-order valence-electron chi connectivity index (χ4n) is 7.18. The standard InChI is InChI=1S/C14H19NO3/c16-15(17)18-14-6-8-2-10-9-1-7(4-12(10)14)5-13(14)11(9)3-8/h7-13H,1-6H2. The average molecular weight is 249 g/mol. The van der Waals surface area contributed by atoms with Gasteiger partial charge in [0.25, 0.3) is 5.09 Å². The van der Waals surface area contributed by atoms with Crippen molar-refractivity contribution in [3.05, 3.63) is 10.1 Å². The highest BCUT2D eigenvalue weighted by Crippen LogP contribution is 2.73. The molecule has 0 saturated heterocycles. The molecule has 0 aromatic heterocycles. The first-order valence-corrected chi connectivity index (χ1v) is 7.51. The van der Waals surface area contributed by atoms with Gasteiger partial charge in [-0.15, -0.1) is 10.1 Å². The molecule has 4 nitrogen and oxygen atoms in total. The summed E-state index contributed by atoms with van der Waals surface area (Å²) in [7, 11) is 0. The highest BCUT2D eigenvalue weighted by Gasteiger charge is 2.71. The SMILES string of the molecule is O=[N+]([O-])OC12CC3CC4C5CC(CC41)CC2C5C3. The van der Waals surface area contributed by atoms with Gasteiger partial charge in [-0.2, -0.15) is 0 Å². The molecule has 0 aliphatic heterocycles. The smallest absolute Gasteiger partial charge is 0.295 e. The van der Waals surface area contributed by atoms with Gasteiger partial charge >= 0.3 is 0 Å². The van der Waals surface area contributed by atoms with Crippen LogP contribution in [0.1, 0.15) is 38.5 Å². The van der Waals surface area contributed by atoms with Crippen molar-refractivity contribution in [3.8, 4) is 0 Å². The van der Waals surface area contributed by atoms with Gasteiger partial charge in [0.15, 0.2) is 0 Å². The summed E-state index contributed by atoms with van der Waals surface area (Å²) in [5.41, 5.74) is -0.354. The van der Waals surface area contributed by atoms with Crippen molar-refractivity contribution in [2.75, 3.05) is 0 Å². The predicted molar refractivity (Wildman–Crippen MR) is 62.9 cm³/mol. The summed E-state index contributed by atoms with van der Waals surface area (Å²) in [5, 5.41) is 10.5. The first-order valence-electron chi connectivity index (χ1n) is 7.51. The lowest BCUT2D eigenvalue weighted by atomic mass is 9.34. The maximum atomic E-state index is 11.0. The molecule has 18 heavy (non-hydrogen) atoms. The predicted octanol–water partition coefficient (Wildman–Crippen LogP) is 2.66. The van der Waals surface area contributed by atoms with E-state index in [1.807, 2.05) is 0 Å². The van der Waals surface area contributed by atoms with Crippen molar-refractivity contribution in [2.45, 2.75) is 44.1 Å². The van der Waals surface area contributed by atoms with Crippen LogP contribution < -0.4 is 0 Å². The van der Waals surface area contributed by atoms with Crippen LogP contribution in [0, 0.1) is 51.5 Å². The van der Waals surface area contributed by atoms with Crippen LogP contribution in [-0.2, 0) is 4.84 Å². The lowest BCUT2D eigenvalue weighted by Crippen LogP contribution is -2.72. The van der Waals surface area contributed by atoms with Gasteiger partial charge in [0, 0.05) is 0 Å². The molecule has 98 valence electrons. The number of rotatable bonds is 2. The molecule has 0 N–H and O–H groups in total. The van der Waals surface area contributed by atoms with Crippen LogP contribution in [0.4, 0.5) is 0 Å². The summed E-state index contributed by atoms with van der Waals surface area (Å²) in [6.07, 6.45) is 7.51. The number of nitrogens with zero attached hydrogens (tertiary/aromatic N) is 1. The minimum absolute atomic E-state index is 0.354. The molecular weight excluding hydrogens is 230 g/mol. The lowest BCUT2D eigenvalue weighted by molar-refractivity contribution is -0.793. The zero-order valence-electron chi connectivity index (χ0n) is 10.5. The summed E-state index contributed by atoms with van der Waals surface area (Å²) < 4.78 is 0. The molecule has 4 heteroatoms. The Morgan fingerprint density at radius 3 is 2.17 bits per heavy atom. The summed E-state index contributed by atoms with van der Waals surface area (Å²) in [4.78, 5) is 16.4. The molecule has 8 bridgehead atoms. The maximum Gasteiger partial charge on any atom is 0.295 e. The van der Waals surface area contributed by atoms with E-state index in [4.69, 9.17) is 4.84 Å². The van der Waals surface area contributed by atoms with E-state index in [0.29, 0.717) is 11.8 Å². The van der Waals surface area contributed by atoms with Crippen molar-refractivity contribution >= 4 is 0 Å². The molecule has 0 heterocycles. The van der Waals surface area contributed by atoms with Crippen molar-refractivity contribution < 1.29 is 9.92 Å². The number of hydrogen-bond donors (Lipinski definition) is 0. The van der Waals surface area contributed by atoms with Crippen LogP contribution in [0.25, 0.3) is 0 Å². The highest BCUT2D eigenvalue weighted by molar-refractivity contribution is 5.19.